The zero-order valence-corrected chi connectivity index (χ0v) is 22.1. The van der Waals surface area contributed by atoms with Crippen LogP contribution in [0.5, 0.6) is 11.5 Å². The van der Waals surface area contributed by atoms with Crippen LogP contribution in [0.1, 0.15) is 31.0 Å². The summed E-state index contributed by atoms with van der Waals surface area (Å²) in [5.74, 6) is 0.546. The molecule has 2 aromatic carbocycles. The number of esters is 1. The highest BCUT2D eigenvalue weighted by molar-refractivity contribution is 14.1. The molecule has 1 atom stereocenters. The summed E-state index contributed by atoms with van der Waals surface area (Å²) in [5.41, 5.74) is 2.21. The fraction of sp³-hybridized carbons (Fsp3) is 0.240. The third-order valence-electron chi connectivity index (χ3n) is 5.41. The molecule has 0 N–H and O–H groups in total. The molecule has 2 heterocycles. The van der Waals surface area contributed by atoms with E-state index >= 15 is 0 Å². The SMILES string of the molecule is CCOC(=O)C1=C(C)N=c2s/c(=C\c3ccc(I)cc3)c(=O)n2[C@@H]1c1ccc(OC)c(OC)c1. The molecule has 34 heavy (non-hydrogen) atoms. The smallest absolute Gasteiger partial charge is 0.338 e. The molecule has 0 amide bonds. The van der Waals surface area contributed by atoms with Crippen molar-refractivity contribution < 1.29 is 19.0 Å². The van der Waals surface area contributed by atoms with Crippen molar-refractivity contribution in [1.82, 2.24) is 4.57 Å². The number of thiazole rings is 1. The number of aromatic nitrogens is 1. The summed E-state index contributed by atoms with van der Waals surface area (Å²) < 4.78 is 19.4. The third kappa shape index (κ3) is 4.54. The average Bonchev–Trinajstić information content (AvgIpc) is 3.13. The van der Waals surface area contributed by atoms with E-state index in [9.17, 15) is 9.59 Å². The van der Waals surface area contributed by atoms with E-state index in [1.165, 1.54) is 11.3 Å². The van der Waals surface area contributed by atoms with Gasteiger partial charge in [0.2, 0.25) is 0 Å². The van der Waals surface area contributed by atoms with Crippen LogP contribution in [0.2, 0.25) is 0 Å². The number of hydrogen-bond donors (Lipinski definition) is 0. The van der Waals surface area contributed by atoms with Crippen molar-refractivity contribution in [2.24, 2.45) is 4.99 Å². The van der Waals surface area contributed by atoms with Crippen LogP contribution in [0.4, 0.5) is 0 Å². The summed E-state index contributed by atoms with van der Waals surface area (Å²) in [4.78, 5) is 31.8. The van der Waals surface area contributed by atoms with Gasteiger partial charge in [-0.2, -0.15) is 0 Å². The van der Waals surface area contributed by atoms with Crippen LogP contribution < -0.4 is 24.4 Å². The second-order valence-corrected chi connectivity index (χ2v) is 9.72. The topological polar surface area (TPSA) is 79.1 Å². The van der Waals surface area contributed by atoms with Crippen LogP contribution >= 0.6 is 33.9 Å². The highest BCUT2D eigenvalue weighted by atomic mass is 127. The van der Waals surface area contributed by atoms with Gasteiger partial charge in [0.25, 0.3) is 5.56 Å². The van der Waals surface area contributed by atoms with Crippen LogP contribution in [0.25, 0.3) is 6.08 Å². The van der Waals surface area contributed by atoms with E-state index in [0.29, 0.717) is 37.7 Å². The molecule has 0 unspecified atom stereocenters. The van der Waals surface area contributed by atoms with Crippen molar-refractivity contribution in [3.8, 4) is 11.5 Å². The molecule has 0 saturated carbocycles. The van der Waals surface area contributed by atoms with Crippen molar-refractivity contribution in [1.29, 1.82) is 0 Å². The Labute approximate surface area is 214 Å². The Hall–Kier alpha value is -2.92. The molecule has 0 radical (unpaired) electrons. The minimum atomic E-state index is -0.714. The summed E-state index contributed by atoms with van der Waals surface area (Å²) in [6.07, 6.45) is 1.84. The summed E-state index contributed by atoms with van der Waals surface area (Å²) >= 11 is 3.53. The number of allylic oxidation sites excluding steroid dienone is 1. The van der Waals surface area contributed by atoms with Crippen LogP contribution in [0.3, 0.4) is 0 Å². The zero-order chi connectivity index (χ0) is 24.4. The molecule has 176 valence electrons. The molecule has 1 aromatic heterocycles. The standard InChI is InChI=1S/C25H23IN2O5S/c1-5-33-24(30)21-14(2)27-25-28(22(21)16-8-11-18(31-3)19(13-16)32-4)23(29)20(34-25)12-15-6-9-17(26)10-7-15/h6-13,22H,5H2,1-4H3/b20-12-/t22-/m1/s1. The molecule has 1 aliphatic rings. The van der Waals surface area contributed by atoms with Crippen molar-refractivity contribution in [2.45, 2.75) is 19.9 Å². The number of halogens is 1. The Balaban J connectivity index is 1.96. The molecule has 7 nitrogen and oxygen atoms in total. The number of ether oxygens (including phenoxy) is 3. The lowest BCUT2D eigenvalue weighted by atomic mass is 9.95. The van der Waals surface area contributed by atoms with Gasteiger partial charge >= 0.3 is 5.97 Å². The lowest BCUT2D eigenvalue weighted by Crippen LogP contribution is -2.39. The van der Waals surface area contributed by atoms with Gasteiger partial charge in [-0.3, -0.25) is 9.36 Å². The van der Waals surface area contributed by atoms with E-state index in [4.69, 9.17) is 14.2 Å². The predicted molar refractivity (Wildman–Crippen MR) is 139 cm³/mol. The first-order chi connectivity index (χ1) is 16.4. The van der Waals surface area contributed by atoms with Gasteiger partial charge in [0.15, 0.2) is 16.3 Å². The number of rotatable bonds is 6. The van der Waals surface area contributed by atoms with Crippen LogP contribution in [-0.4, -0.2) is 31.4 Å². The number of hydrogen-bond acceptors (Lipinski definition) is 7. The summed E-state index contributed by atoms with van der Waals surface area (Å²) in [5, 5.41) is 0. The van der Waals surface area contributed by atoms with Gasteiger partial charge < -0.3 is 14.2 Å². The van der Waals surface area contributed by atoms with Crippen LogP contribution in [0, 0.1) is 3.57 Å². The van der Waals surface area contributed by atoms with Gasteiger partial charge in [-0.05, 0) is 77.9 Å². The Morgan fingerprint density at radius 1 is 1.15 bits per heavy atom. The Bertz CT molecular complexity index is 1450. The minimum Gasteiger partial charge on any atom is -0.493 e. The highest BCUT2D eigenvalue weighted by Gasteiger charge is 2.33. The van der Waals surface area contributed by atoms with E-state index in [2.05, 4.69) is 27.6 Å². The fourth-order valence-electron chi connectivity index (χ4n) is 3.84. The number of nitrogens with zero attached hydrogens (tertiary/aromatic N) is 2. The Morgan fingerprint density at radius 2 is 1.85 bits per heavy atom. The molecule has 0 saturated heterocycles. The Morgan fingerprint density at radius 3 is 2.50 bits per heavy atom. The second kappa shape index (κ2) is 10.1. The zero-order valence-electron chi connectivity index (χ0n) is 19.1. The highest BCUT2D eigenvalue weighted by Crippen LogP contribution is 2.36. The maximum absolute atomic E-state index is 13.6. The van der Waals surface area contributed by atoms with E-state index in [1.807, 2.05) is 36.4 Å². The normalized spacial score (nSPS) is 15.6. The second-order valence-electron chi connectivity index (χ2n) is 7.47. The minimum absolute atomic E-state index is 0.214. The third-order valence-corrected chi connectivity index (χ3v) is 7.11. The van der Waals surface area contributed by atoms with E-state index in [0.717, 1.165) is 9.13 Å². The van der Waals surface area contributed by atoms with E-state index < -0.39 is 12.0 Å². The molecule has 4 rings (SSSR count). The maximum atomic E-state index is 13.6. The van der Waals surface area contributed by atoms with Crippen LogP contribution in [0.15, 0.2) is 63.5 Å². The fourth-order valence-corrected chi connectivity index (χ4v) is 5.25. The van der Waals surface area contributed by atoms with E-state index in [-0.39, 0.29) is 12.2 Å². The van der Waals surface area contributed by atoms with Gasteiger partial charge in [0.05, 0.1) is 42.7 Å². The van der Waals surface area contributed by atoms with E-state index in [1.54, 1.807) is 44.8 Å². The molecular weight excluding hydrogens is 567 g/mol. The largest absolute Gasteiger partial charge is 0.493 e. The summed E-state index contributed by atoms with van der Waals surface area (Å²) in [6, 6.07) is 12.5. The average molecular weight is 590 g/mol. The summed E-state index contributed by atoms with van der Waals surface area (Å²) in [7, 11) is 3.10. The molecule has 9 heteroatoms. The van der Waals surface area contributed by atoms with Crippen molar-refractivity contribution in [3.05, 3.63) is 88.1 Å². The molecule has 3 aromatic rings. The lowest BCUT2D eigenvalue weighted by molar-refractivity contribution is -0.139. The number of methoxy groups -OCH3 is 2. The summed E-state index contributed by atoms with van der Waals surface area (Å²) in [6.45, 7) is 3.72. The maximum Gasteiger partial charge on any atom is 0.338 e. The molecular formula is C25H23IN2O5S. The molecule has 0 fully saturated rings. The number of carbonyl (C=O) groups is 1. The monoisotopic (exact) mass is 590 g/mol. The molecule has 0 aliphatic carbocycles. The quantitative estimate of drug-likeness (QED) is 0.325. The number of fused-ring (bicyclic) bond motifs is 1. The van der Waals surface area contributed by atoms with Crippen molar-refractivity contribution in [2.75, 3.05) is 20.8 Å². The molecule has 1 aliphatic heterocycles. The first kappa shape index (κ1) is 24.2. The van der Waals surface area contributed by atoms with Gasteiger partial charge in [-0.15, -0.1) is 0 Å². The molecule has 0 bridgehead atoms. The molecule has 0 spiro atoms. The number of carbonyl (C=O) groups excluding carboxylic acids is 1. The predicted octanol–water partition coefficient (Wildman–Crippen LogP) is 3.42. The van der Waals surface area contributed by atoms with Crippen molar-refractivity contribution >= 4 is 46.0 Å². The van der Waals surface area contributed by atoms with Gasteiger partial charge in [0, 0.05) is 3.57 Å². The van der Waals surface area contributed by atoms with Crippen LogP contribution in [-0.2, 0) is 9.53 Å². The van der Waals surface area contributed by atoms with Crippen molar-refractivity contribution in [3.63, 3.8) is 0 Å². The van der Waals surface area contributed by atoms with Gasteiger partial charge in [-0.1, -0.05) is 29.5 Å². The first-order valence-corrected chi connectivity index (χ1v) is 12.4. The Kier molecular flexibility index (Phi) is 7.22. The van der Waals surface area contributed by atoms with Gasteiger partial charge in [0.1, 0.15) is 0 Å². The first-order valence-electron chi connectivity index (χ1n) is 10.5. The lowest BCUT2D eigenvalue weighted by Gasteiger charge is -2.25. The van der Waals surface area contributed by atoms with Gasteiger partial charge in [-0.25, -0.2) is 9.79 Å². The number of benzene rings is 2.